The van der Waals surface area contributed by atoms with Crippen LogP contribution in [-0.4, -0.2) is 36.0 Å². The van der Waals surface area contributed by atoms with Gasteiger partial charge in [-0.05, 0) is 59.3 Å². The molecule has 6 heteroatoms. The molecule has 7 rings (SSSR count). The van der Waals surface area contributed by atoms with Crippen LogP contribution in [0.25, 0.3) is 10.8 Å². The van der Waals surface area contributed by atoms with E-state index >= 15 is 0 Å². The fourth-order valence-corrected chi connectivity index (χ4v) is 7.11. The molecule has 5 nitrogen and oxygen atoms in total. The van der Waals surface area contributed by atoms with Crippen molar-refractivity contribution in [2.75, 3.05) is 18.9 Å². The number of rotatable bonds is 2. The van der Waals surface area contributed by atoms with E-state index in [0.717, 1.165) is 21.9 Å². The zero-order valence-corrected chi connectivity index (χ0v) is 20.2. The van der Waals surface area contributed by atoms with E-state index in [0.29, 0.717) is 21.8 Å². The number of hydrogen-bond donors (Lipinski definition) is 1. The minimum atomic E-state index is -1.32. The molecule has 1 aliphatic carbocycles. The molecule has 1 N–H and O–H groups in total. The summed E-state index contributed by atoms with van der Waals surface area (Å²) in [4.78, 5) is 45.0. The Bertz CT molecular complexity index is 1640. The molecule has 1 fully saturated rings. The number of likely N-dealkylation sites (N-methyl/N-ethyl adjacent to an activating group) is 1. The Morgan fingerprint density at radius 1 is 0.917 bits per heavy atom. The first-order valence-electron chi connectivity index (χ1n) is 11.9. The number of benzene rings is 4. The lowest BCUT2D eigenvalue weighted by Gasteiger charge is -2.38. The Labute approximate surface area is 212 Å². The Morgan fingerprint density at radius 3 is 2.39 bits per heavy atom. The zero-order chi connectivity index (χ0) is 24.8. The molecule has 2 spiro atoms. The van der Waals surface area contributed by atoms with Gasteiger partial charge in [0.25, 0.3) is 0 Å². The van der Waals surface area contributed by atoms with Gasteiger partial charge in [-0.25, -0.2) is 0 Å². The molecule has 176 valence electrons. The minimum absolute atomic E-state index is 0.141. The Balaban J connectivity index is 1.58. The average Bonchev–Trinajstić information content (AvgIpc) is 3.43. The second-order valence-corrected chi connectivity index (χ2v) is 10.4. The largest absolute Gasteiger partial charge is 0.325 e. The van der Waals surface area contributed by atoms with E-state index in [1.54, 1.807) is 24.3 Å². The number of nitrogens with zero attached hydrogens (tertiary/aromatic N) is 1. The van der Waals surface area contributed by atoms with Gasteiger partial charge in [0, 0.05) is 28.4 Å². The van der Waals surface area contributed by atoms with Gasteiger partial charge in [0.15, 0.2) is 11.6 Å². The van der Waals surface area contributed by atoms with Crippen LogP contribution in [0, 0.1) is 5.92 Å². The van der Waals surface area contributed by atoms with Crippen molar-refractivity contribution in [3.05, 3.63) is 112 Å². The lowest BCUT2D eigenvalue weighted by molar-refractivity contribution is -0.121. The Morgan fingerprint density at radius 2 is 1.61 bits per heavy atom. The van der Waals surface area contributed by atoms with E-state index in [1.807, 2.05) is 72.6 Å². The average molecular weight is 493 g/mol. The standard InChI is InChI=1S/C30H21ClN2O3/c1-33-16-29(21-9-2-3-11-23(21)32-28(29)36)26(25(34)18-12-14-19(31)15-13-18)30(33)22-10-5-7-17-6-4-8-20(24(17)22)27(30)35/h2-15,26H,16H2,1H3,(H,32,36)/t26-,29-,30-/m0/s1. The molecular weight excluding hydrogens is 472 g/mol. The van der Waals surface area contributed by atoms with E-state index in [1.165, 1.54) is 0 Å². The maximum atomic E-state index is 14.6. The third-order valence-corrected chi connectivity index (χ3v) is 8.61. The van der Waals surface area contributed by atoms with Crippen molar-refractivity contribution in [1.29, 1.82) is 0 Å². The van der Waals surface area contributed by atoms with Gasteiger partial charge in [0.05, 0.1) is 5.92 Å². The summed E-state index contributed by atoms with van der Waals surface area (Å²) in [7, 11) is 1.85. The second kappa shape index (κ2) is 7.12. The molecule has 0 saturated carbocycles. The van der Waals surface area contributed by atoms with Crippen LogP contribution in [0.2, 0.25) is 5.02 Å². The maximum Gasteiger partial charge on any atom is 0.237 e. The van der Waals surface area contributed by atoms with Gasteiger partial charge in [-0.3, -0.25) is 19.3 Å². The summed E-state index contributed by atoms with van der Waals surface area (Å²) < 4.78 is 0. The normalized spacial score (nSPS) is 26.2. The first-order chi connectivity index (χ1) is 17.4. The van der Waals surface area contributed by atoms with Crippen LogP contribution in [0.15, 0.2) is 84.9 Å². The van der Waals surface area contributed by atoms with E-state index in [-0.39, 0.29) is 24.0 Å². The van der Waals surface area contributed by atoms with E-state index in [4.69, 9.17) is 11.6 Å². The second-order valence-electron chi connectivity index (χ2n) is 9.94. The molecule has 1 saturated heterocycles. The van der Waals surface area contributed by atoms with Crippen molar-refractivity contribution in [3.8, 4) is 0 Å². The summed E-state index contributed by atoms with van der Waals surface area (Å²) in [5, 5.41) is 5.32. The molecule has 3 atom stereocenters. The SMILES string of the molecule is CN1C[C@@]2(C(=O)Nc3ccccc32)[C@H](C(=O)c2ccc(Cl)cc2)[C@@]12C(=O)c1cccc3cccc2c13. The van der Waals surface area contributed by atoms with Crippen molar-refractivity contribution in [1.82, 2.24) is 4.90 Å². The summed E-state index contributed by atoms with van der Waals surface area (Å²) >= 11 is 6.13. The lowest BCUT2D eigenvalue weighted by Crippen LogP contribution is -2.54. The predicted octanol–water partition coefficient (Wildman–Crippen LogP) is 5.22. The first-order valence-corrected chi connectivity index (χ1v) is 12.3. The number of halogens is 1. The van der Waals surface area contributed by atoms with Gasteiger partial charge < -0.3 is 5.32 Å². The first kappa shape index (κ1) is 21.5. The predicted molar refractivity (Wildman–Crippen MR) is 139 cm³/mol. The van der Waals surface area contributed by atoms with Gasteiger partial charge in [-0.1, -0.05) is 66.2 Å². The van der Waals surface area contributed by atoms with E-state index in [9.17, 15) is 14.4 Å². The van der Waals surface area contributed by atoms with E-state index < -0.39 is 16.9 Å². The third-order valence-electron chi connectivity index (χ3n) is 8.36. The molecular formula is C30H21ClN2O3. The molecule has 4 aromatic rings. The summed E-state index contributed by atoms with van der Waals surface area (Å²) in [6.07, 6.45) is 0. The summed E-state index contributed by atoms with van der Waals surface area (Å²) in [6.45, 7) is 0.232. The number of hydrogen-bond acceptors (Lipinski definition) is 4. The van der Waals surface area contributed by atoms with Gasteiger partial charge in [-0.2, -0.15) is 0 Å². The molecule has 0 unspecified atom stereocenters. The monoisotopic (exact) mass is 492 g/mol. The topological polar surface area (TPSA) is 66.5 Å². The van der Waals surface area contributed by atoms with Crippen LogP contribution in [0.3, 0.4) is 0 Å². The summed E-state index contributed by atoms with van der Waals surface area (Å²) in [5.74, 6) is -1.62. The van der Waals surface area contributed by atoms with Gasteiger partial charge >= 0.3 is 0 Å². The number of amides is 1. The van der Waals surface area contributed by atoms with Crippen molar-refractivity contribution < 1.29 is 14.4 Å². The third kappa shape index (κ3) is 2.37. The van der Waals surface area contributed by atoms with Gasteiger partial charge in [-0.15, -0.1) is 0 Å². The minimum Gasteiger partial charge on any atom is -0.325 e. The molecule has 0 bridgehead atoms. The van der Waals surface area contributed by atoms with Crippen LogP contribution in [0.5, 0.6) is 0 Å². The molecule has 1 amide bonds. The van der Waals surface area contributed by atoms with Crippen LogP contribution in [-0.2, 0) is 15.7 Å². The number of fused-ring (bicyclic) bond motifs is 3. The number of nitrogens with one attached hydrogen (secondary N) is 1. The van der Waals surface area contributed by atoms with Crippen molar-refractivity contribution >= 4 is 45.5 Å². The highest BCUT2D eigenvalue weighted by Gasteiger charge is 2.73. The summed E-state index contributed by atoms with van der Waals surface area (Å²) in [6, 6.07) is 25.7. The molecule has 0 aromatic heterocycles. The zero-order valence-electron chi connectivity index (χ0n) is 19.4. The van der Waals surface area contributed by atoms with Crippen molar-refractivity contribution in [2.45, 2.75) is 11.0 Å². The van der Waals surface area contributed by atoms with Crippen LogP contribution < -0.4 is 5.32 Å². The van der Waals surface area contributed by atoms with Crippen molar-refractivity contribution in [3.63, 3.8) is 0 Å². The Kier molecular flexibility index (Phi) is 4.25. The number of anilines is 1. The van der Waals surface area contributed by atoms with Crippen LogP contribution in [0.1, 0.15) is 31.8 Å². The van der Waals surface area contributed by atoms with E-state index in [2.05, 4.69) is 5.32 Å². The highest BCUT2D eigenvalue weighted by atomic mass is 35.5. The number of carbonyl (C=O) groups excluding carboxylic acids is 3. The number of carbonyl (C=O) groups is 3. The highest BCUT2D eigenvalue weighted by molar-refractivity contribution is 6.30. The van der Waals surface area contributed by atoms with Crippen LogP contribution in [0.4, 0.5) is 5.69 Å². The maximum absolute atomic E-state index is 14.6. The number of likely N-dealkylation sites (tertiary alicyclic amines) is 1. The smallest absolute Gasteiger partial charge is 0.237 e. The van der Waals surface area contributed by atoms with Crippen molar-refractivity contribution in [2.24, 2.45) is 5.92 Å². The lowest BCUT2D eigenvalue weighted by atomic mass is 9.62. The molecule has 3 aliphatic rings. The highest BCUT2D eigenvalue weighted by Crippen LogP contribution is 2.62. The number of Topliss-reactive ketones (excluding diaryl/α,β-unsaturated/α-hetero) is 2. The quantitative estimate of drug-likeness (QED) is 0.390. The fraction of sp³-hybridized carbons (Fsp3) is 0.167. The van der Waals surface area contributed by atoms with Crippen LogP contribution >= 0.6 is 11.6 Å². The molecule has 2 aliphatic heterocycles. The molecule has 2 heterocycles. The number of ketones is 2. The summed E-state index contributed by atoms with van der Waals surface area (Å²) in [5.41, 5.74) is 0.671. The number of para-hydroxylation sites is 1. The Hall–Kier alpha value is -3.80. The van der Waals surface area contributed by atoms with Gasteiger partial charge in [0.2, 0.25) is 5.91 Å². The fourth-order valence-electron chi connectivity index (χ4n) is 6.98. The molecule has 4 aromatic carbocycles. The van der Waals surface area contributed by atoms with Gasteiger partial charge in [0.1, 0.15) is 11.0 Å². The molecule has 0 radical (unpaired) electrons. The molecule has 36 heavy (non-hydrogen) atoms.